The number of likely N-dealkylation sites (tertiary alicyclic amines) is 1. The van der Waals surface area contributed by atoms with Gasteiger partial charge in [-0.05, 0) is 49.9 Å². The molecule has 0 radical (unpaired) electrons. The zero-order valence-electron chi connectivity index (χ0n) is 16.1. The Balaban J connectivity index is 1.55. The molecule has 2 saturated heterocycles. The maximum absolute atomic E-state index is 13.2. The molecular formula is C21H28N4O2. The molecule has 1 atom stereocenters. The summed E-state index contributed by atoms with van der Waals surface area (Å²) in [5.41, 5.74) is 0.423. The third kappa shape index (κ3) is 3.84. The average Bonchev–Trinajstić information content (AvgIpc) is 3.35. The smallest absolute Gasteiger partial charge is 0.274 e. The minimum atomic E-state index is -0.0446. The Kier molecular flexibility index (Phi) is 5.41. The Bertz CT molecular complexity index is 765. The molecule has 1 amide bonds. The Morgan fingerprint density at radius 2 is 1.85 bits per heavy atom. The summed E-state index contributed by atoms with van der Waals surface area (Å²) in [7, 11) is 0. The first kappa shape index (κ1) is 18.0. The highest BCUT2D eigenvalue weighted by molar-refractivity contribution is 5.92. The molecule has 2 aliphatic heterocycles. The van der Waals surface area contributed by atoms with Gasteiger partial charge in [0.05, 0.1) is 6.04 Å². The van der Waals surface area contributed by atoms with Crippen LogP contribution in [0.2, 0.25) is 0 Å². The third-order valence-corrected chi connectivity index (χ3v) is 5.67. The predicted molar refractivity (Wildman–Crippen MR) is 104 cm³/mol. The van der Waals surface area contributed by atoms with Crippen molar-refractivity contribution in [3.05, 3.63) is 41.5 Å². The number of furan rings is 1. The second kappa shape index (κ2) is 8.11. The van der Waals surface area contributed by atoms with Crippen molar-refractivity contribution in [3.63, 3.8) is 0 Å². The Morgan fingerprint density at radius 3 is 2.56 bits per heavy atom. The lowest BCUT2D eigenvalue weighted by Crippen LogP contribution is -2.35. The molecule has 2 aromatic heterocycles. The summed E-state index contributed by atoms with van der Waals surface area (Å²) in [5, 5.41) is 8.59. The van der Waals surface area contributed by atoms with Crippen LogP contribution in [0.15, 0.2) is 28.7 Å². The summed E-state index contributed by atoms with van der Waals surface area (Å²) >= 11 is 0. The van der Waals surface area contributed by atoms with Gasteiger partial charge in [-0.1, -0.05) is 19.8 Å². The highest BCUT2D eigenvalue weighted by Gasteiger charge is 2.30. The first-order valence-corrected chi connectivity index (χ1v) is 10.2. The van der Waals surface area contributed by atoms with Gasteiger partial charge in [-0.3, -0.25) is 4.79 Å². The molecule has 0 saturated carbocycles. The van der Waals surface area contributed by atoms with E-state index in [-0.39, 0.29) is 11.9 Å². The lowest BCUT2D eigenvalue weighted by molar-refractivity contribution is 0.0650. The topological polar surface area (TPSA) is 62.5 Å². The summed E-state index contributed by atoms with van der Waals surface area (Å²) in [5.74, 6) is 2.69. The van der Waals surface area contributed by atoms with Gasteiger partial charge >= 0.3 is 0 Å². The van der Waals surface area contributed by atoms with E-state index in [1.165, 1.54) is 12.8 Å². The number of amides is 1. The van der Waals surface area contributed by atoms with E-state index in [9.17, 15) is 4.79 Å². The van der Waals surface area contributed by atoms with E-state index in [0.29, 0.717) is 5.69 Å². The van der Waals surface area contributed by atoms with Crippen molar-refractivity contribution in [2.24, 2.45) is 0 Å². The molecule has 6 nitrogen and oxygen atoms in total. The van der Waals surface area contributed by atoms with Crippen molar-refractivity contribution in [1.29, 1.82) is 0 Å². The fraction of sp³-hybridized carbons (Fsp3) is 0.571. The van der Waals surface area contributed by atoms with Crippen molar-refractivity contribution in [3.8, 4) is 0 Å². The maximum atomic E-state index is 13.2. The molecule has 0 aromatic carbocycles. The lowest BCUT2D eigenvalue weighted by Gasteiger charge is -2.28. The Labute approximate surface area is 160 Å². The van der Waals surface area contributed by atoms with Gasteiger partial charge in [0.2, 0.25) is 0 Å². The van der Waals surface area contributed by atoms with Gasteiger partial charge in [0.15, 0.2) is 11.5 Å². The lowest BCUT2D eigenvalue weighted by atomic mass is 10.1. The van der Waals surface area contributed by atoms with Crippen LogP contribution in [0.25, 0.3) is 0 Å². The predicted octanol–water partition coefficient (Wildman–Crippen LogP) is 3.99. The molecule has 0 bridgehead atoms. The number of aromatic nitrogens is 2. The van der Waals surface area contributed by atoms with Gasteiger partial charge in [-0.2, -0.15) is 0 Å². The van der Waals surface area contributed by atoms with E-state index in [4.69, 9.17) is 4.42 Å². The number of carbonyl (C=O) groups excluding carboxylic acids is 1. The summed E-state index contributed by atoms with van der Waals surface area (Å²) in [6.07, 6.45) is 7.45. The zero-order chi connectivity index (χ0) is 18.6. The second-order valence-corrected chi connectivity index (χ2v) is 7.49. The normalized spacial score (nSPS) is 20.7. The van der Waals surface area contributed by atoms with Gasteiger partial charge < -0.3 is 14.2 Å². The van der Waals surface area contributed by atoms with E-state index in [0.717, 1.165) is 69.1 Å². The van der Waals surface area contributed by atoms with Crippen LogP contribution in [0.4, 0.5) is 5.82 Å². The van der Waals surface area contributed by atoms with Crippen LogP contribution >= 0.6 is 0 Å². The van der Waals surface area contributed by atoms with Crippen molar-refractivity contribution in [2.45, 2.75) is 57.9 Å². The molecule has 144 valence electrons. The number of hydrogen-bond acceptors (Lipinski definition) is 5. The number of aryl methyl sites for hydroxylation is 1. The van der Waals surface area contributed by atoms with Crippen molar-refractivity contribution in [1.82, 2.24) is 15.1 Å². The highest BCUT2D eigenvalue weighted by Crippen LogP contribution is 2.32. The van der Waals surface area contributed by atoms with Crippen molar-refractivity contribution >= 4 is 11.7 Å². The molecule has 4 rings (SSSR count). The van der Waals surface area contributed by atoms with Gasteiger partial charge in [0, 0.05) is 26.1 Å². The van der Waals surface area contributed by atoms with Gasteiger partial charge in [-0.25, -0.2) is 0 Å². The van der Waals surface area contributed by atoms with E-state index >= 15 is 0 Å². The number of rotatable bonds is 4. The molecule has 27 heavy (non-hydrogen) atoms. The molecule has 4 heterocycles. The summed E-state index contributed by atoms with van der Waals surface area (Å²) < 4.78 is 5.99. The molecule has 6 heteroatoms. The third-order valence-electron chi connectivity index (χ3n) is 5.67. The van der Waals surface area contributed by atoms with Crippen molar-refractivity contribution < 1.29 is 9.21 Å². The SMILES string of the molecule is CCc1ccc(C2CCCCCN2C(=O)c2ccc(N3CCCC3)nn2)o1. The second-order valence-electron chi connectivity index (χ2n) is 7.49. The molecule has 0 aliphatic carbocycles. The van der Waals surface area contributed by atoms with Crippen LogP contribution in [0.5, 0.6) is 0 Å². The van der Waals surface area contributed by atoms with Crippen LogP contribution in [-0.2, 0) is 6.42 Å². The molecule has 2 aromatic rings. The minimum absolute atomic E-state index is 0.0136. The number of hydrogen-bond donors (Lipinski definition) is 0. The van der Waals surface area contributed by atoms with E-state index in [2.05, 4.69) is 22.0 Å². The average molecular weight is 368 g/mol. The van der Waals surface area contributed by atoms with E-state index < -0.39 is 0 Å². The van der Waals surface area contributed by atoms with Crippen LogP contribution in [0.3, 0.4) is 0 Å². The van der Waals surface area contributed by atoms with Gasteiger partial charge in [0.25, 0.3) is 5.91 Å². The highest BCUT2D eigenvalue weighted by atomic mass is 16.3. The quantitative estimate of drug-likeness (QED) is 0.816. The number of nitrogens with zero attached hydrogens (tertiary/aromatic N) is 4. The van der Waals surface area contributed by atoms with Crippen LogP contribution in [-0.4, -0.2) is 40.6 Å². The number of anilines is 1. The first-order valence-electron chi connectivity index (χ1n) is 10.2. The fourth-order valence-corrected chi connectivity index (χ4v) is 4.11. The summed E-state index contributed by atoms with van der Waals surface area (Å²) in [4.78, 5) is 17.4. The number of carbonyl (C=O) groups is 1. The fourth-order valence-electron chi connectivity index (χ4n) is 4.11. The molecule has 0 N–H and O–H groups in total. The van der Waals surface area contributed by atoms with Crippen LogP contribution < -0.4 is 4.90 Å². The molecule has 2 aliphatic rings. The van der Waals surface area contributed by atoms with Crippen LogP contribution in [0.1, 0.15) is 73.5 Å². The Hall–Kier alpha value is -2.37. The molecule has 2 fully saturated rings. The molecule has 0 spiro atoms. The van der Waals surface area contributed by atoms with Gasteiger partial charge in [0.1, 0.15) is 11.5 Å². The molecule has 1 unspecified atom stereocenters. The molecular weight excluding hydrogens is 340 g/mol. The summed E-state index contributed by atoms with van der Waals surface area (Å²) in [6.45, 7) is 4.86. The van der Waals surface area contributed by atoms with Crippen molar-refractivity contribution in [2.75, 3.05) is 24.5 Å². The first-order chi connectivity index (χ1) is 13.3. The van der Waals surface area contributed by atoms with E-state index in [1.807, 2.05) is 29.2 Å². The van der Waals surface area contributed by atoms with Crippen LogP contribution in [0, 0.1) is 0 Å². The zero-order valence-corrected chi connectivity index (χ0v) is 16.1. The largest absolute Gasteiger partial charge is 0.464 e. The minimum Gasteiger partial charge on any atom is -0.464 e. The maximum Gasteiger partial charge on any atom is 0.274 e. The summed E-state index contributed by atoms with van der Waals surface area (Å²) in [6, 6.07) is 7.79. The van der Waals surface area contributed by atoms with Gasteiger partial charge in [-0.15, -0.1) is 10.2 Å². The monoisotopic (exact) mass is 368 g/mol. The Morgan fingerprint density at radius 1 is 1.04 bits per heavy atom. The van der Waals surface area contributed by atoms with E-state index in [1.54, 1.807) is 0 Å². The standard InChI is InChI=1S/C21H28N4O2/c1-2-16-9-11-19(27-16)18-8-4-3-5-15-25(18)21(26)17-10-12-20(23-22-17)24-13-6-7-14-24/h9-12,18H,2-8,13-15H2,1H3.